The molecule has 0 heterocycles. The lowest BCUT2D eigenvalue weighted by molar-refractivity contribution is 0.190. The number of benzene rings is 1. The Bertz CT molecular complexity index is 917. The third kappa shape index (κ3) is 10.8. The number of hydrogen-bond acceptors (Lipinski definition) is 3. The zero-order chi connectivity index (χ0) is 28.4. The summed E-state index contributed by atoms with van der Waals surface area (Å²) in [6.45, 7) is 5.21. The molecule has 1 aromatic carbocycles. The zero-order valence-electron chi connectivity index (χ0n) is 26.0. The van der Waals surface area contributed by atoms with Crippen LogP contribution in [0.5, 0.6) is 5.75 Å². The largest absolute Gasteiger partial charge is 0.492 e. The molecule has 0 aliphatic heterocycles. The molecule has 3 heteroatoms. The van der Waals surface area contributed by atoms with E-state index in [-0.39, 0.29) is 0 Å². The first-order valence-electron chi connectivity index (χ1n) is 17.3. The van der Waals surface area contributed by atoms with Gasteiger partial charge in [0, 0.05) is 0 Å². The van der Waals surface area contributed by atoms with Crippen molar-refractivity contribution in [1.82, 2.24) is 0 Å². The van der Waals surface area contributed by atoms with E-state index in [1.807, 2.05) is 6.07 Å². The van der Waals surface area contributed by atoms with Crippen LogP contribution in [0.15, 0.2) is 12.1 Å². The van der Waals surface area contributed by atoms with Gasteiger partial charge in [0.15, 0.2) is 0 Å². The molecule has 2 unspecified atom stereocenters. The lowest BCUT2D eigenvalue weighted by atomic mass is 9.74. The lowest BCUT2D eigenvalue weighted by Gasteiger charge is -2.32. The van der Waals surface area contributed by atoms with Crippen molar-refractivity contribution in [3.05, 3.63) is 28.8 Å². The second kappa shape index (κ2) is 19.2. The van der Waals surface area contributed by atoms with E-state index < -0.39 is 0 Å². The van der Waals surface area contributed by atoms with Gasteiger partial charge in [0.05, 0.1) is 12.2 Å². The Labute approximate surface area is 247 Å². The van der Waals surface area contributed by atoms with E-state index in [0.29, 0.717) is 23.5 Å². The Morgan fingerprint density at radius 1 is 0.650 bits per heavy atom. The molecule has 0 saturated heterocycles. The van der Waals surface area contributed by atoms with E-state index in [1.165, 1.54) is 122 Å². The summed E-state index contributed by atoms with van der Waals surface area (Å²) in [5.41, 5.74) is 2.02. The summed E-state index contributed by atoms with van der Waals surface area (Å²) in [5.74, 6) is 4.02. The summed E-state index contributed by atoms with van der Waals surface area (Å²) in [4.78, 5) is 0. The number of unbranched alkanes of at least 4 members (excludes halogenated alkanes) is 6. The second-order valence-electron chi connectivity index (χ2n) is 13.1. The van der Waals surface area contributed by atoms with Crippen LogP contribution in [0.4, 0.5) is 0 Å². The molecule has 0 aromatic heterocycles. The molecule has 222 valence electrons. The average molecular weight is 547 g/mol. The van der Waals surface area contributed by atoms with Crippen LogP contribution >= 0.6 is 0 Å². The number of ether oxygens (including phenoxy) is 1. The van der Waals surface area contributed by atoms with Crippen LogP contribution in [0.1, 0.15) is 165 Å². The number of rotatable bonds is 18. The van der Waals surface area contributed by atoms with E-state index >= 15 is 0 Å². The first-order valence-corrected chi connectivity index (χ1v) is 17.3. The van der Waals surface area contributed by atoms with Crippen molar-refractivity contribution in [2.24, 2.45) is 23.7 Å². The molecule has 0 spiro atoms. The molecular weight excluding hydrogens is 488 g/mol. The van der Waals surface area contributed by atoms with Crippen LogP contribution < -0.4 is 4.74 Å². The van der Waals surface area contributed by atoms with Crippen LogP contribution in [-0.4, -0.2) is 6.61 Å². The lowest BCUT2D eigenvalue weighted by Crippen LogP contribution is -2.20. The SMILES string of the molecule is CCCCCCCC1CCCCC1CCCOc1ccc(CCC2CCC(CCCCC)CC2)c(C#N)c1C#N. The standard InChI is InChI=1S/C37H58N2O/c1-3-5-7-8-10-15-32-16-11-12-17-33(32)18-13-27-40-37-26-25-34(35(28-38)36(37)29-39)24-23-31-21-19-30(20-22-31)14-9-6-4-2/h25-26,30-33H,3-24,27H2,1-2H3. The van der Waals surface area contributed by atoms with Crippen molar-refractivity contribution >= 4 is 0 Å². The molecule has 0 N–H and O–H groups in total. The summed E-state index contributed by atoms with van der Waals surface area (Å²) in [5, 5.41) is 19.9. The predicted octanol–water partition coefficient (Wildman–Crippen LogP) is 11.1. The monoisotopic (exact) mass is 546 g/mol. The minimum absolute atomic E-state index is 0.447. The Hall–Kier alpha value is -2.00. The predicted molar refractivity (Wildman–Crippen MR) is 167 cm³/mol. The third-order valence-electron chi connectivity index (χ3n) is 10.2. The van der Waals surface area contributed by atoms with Crippen molar-refractivity contribution in [1.29, 1.82) is 10.5 Å². The van der Waals surface area contributed by atoms with E-state index in [0.717, 1.165) is 48.5 Å². The van der Waals surface area contributed by atoms with Gasteiger partial charge < -0.3 is 4.74 Å². The highest BCUT2D eigenvalue weighted by molar-refractivity contribution is 5.57. The van der Waals surface area contributed by atoms with Gasteiger partial charge in [0.2, 0.25) is 0 Å². The molecule has 1 aromatic rings. The van der Waals surface area contributed by atoms with E-state index in [9.17, 15) is 10.5 Å². The minimum atomic E-state index is 0.447. The summed E-state index contributed by atoms with van der Waals surface area (Å²) in [7, 11) is 0. The maximum Gasteiger partial charge on any atom is 0.138 e. The normalized spacial score (nSPS) is 22.9. The van der Waals surface area contributed by atoms with Crippen LogP contribution in [0.3, 0.4) is 0 Å². The molecule has 2 atom stereocenters. The summed E-state index contributed by atoms with van der Waals surface area (Å²) in [6.07, 6.45) is 29.0. The molecule has 2 saturated carbocycles. The van der Waals surface area contributed by atoms with Crippen molar-refractivity contribution in [2.75, 3.05) is 6.61 Å². The van der Waals surface area contributed by atoms with Crippen molar-refractivity contribution in [3.8, 4) is 17.9 Å². The van der Waals surface area contributed by atoms with Gasteiger partial charge in [0.1, 0.15) is 23.5 Å². The topological polar surface area (TPSA) is 56.8 Å². The minimum Gasteiger partial charge on any atom is -0.492 e. The first-order chi connectivity index (χ1) is 19.7. The van der Waals surface area contributed by atoms with E-state index in [4.69, 9.17) is 4.74 Å². The van der Waals surface area contributed by atoms with Gasteiger partial charge in [-0.2, -0.15) is 10.5 Å². The average Bonchev–Trinajstić information content (AvgIpc) is 2.99. The quantitative estimate of drug-likeness (QED) is 0.172. The molecule has 2 aliphatic carbocycles. The van der Waals surface area contributed by atoms with Crippen LogP contribution in [0, 0.1) is 46.3 Å². The second-order valence-corrected chi connectivity index (χ2v) is 13.1. The Morgan fingerprint density at radius 2 is 1.23 bits per heavy atom. The molecular formula is C37H58N2O. The highest BCUT2D eigenvalue weighted by atomic mass is 16.5. The molecule has 40 heavy (non-hydrogen) atoms. The fraction of sp³-hybridized carbons (Fsp3) is 0.784. The number of aryl methyl sites for hydroxylation is 1. The van der Waals surface area contributed by atoms with Crippen LogP contribution in [0.2, 0.25) is 0 Å². The number of nitriles is 2. The molecule has 0 amide bonds. The molecule has 3 nitrogen and oxygen atoms in total. The Balaban J connectivity index is 1.44. The number of nitrogens with zero attached hydrogens (tertiary/aromatic N) is 2. The maximum absolute atomic E-state index is 9.96. The smallest absolute Gasteiger partial charge is 0.138 e. The van der Waals surface area contributed by atoms with Gasteiger partial charge in [-0.1, -0.05) is 135 Å². The fourth-order valence-electron chi connectivity index (χ4n) is 7.63. The fourth-order valence-corrected chi connectivity index (χ4v) is 7.63. The molecule has 2 fully saturated rings. The first kappa shape index (κ1) is 32.5. The van der Waals surface area contributed by atoms with Gasteiger partial charge in [-0.3, -0.25) is 0 Å². The molecule has 0 radical (unpaired) electrons. The van der Waals surface area contributed by atoms with Crippen LogP contribution in [0.25, 0.3) is 0 Å². The molecule has 3 rings (SSSR count). The Kier molecular flexibility index (Phi) is 15.6. The van der Waals surface area contributed by atoms with Gasteiger partial charge in [-0.15, -0.1) is 0 Å². The third-order valence-corrected chi connectivity index (χ3v) is 10.2. The van der Waals surface area contributed by atoms with Crippen LogP contribution in [-0.2, 0) is 6.42 Å². The van der Waals surface area contributed by atoms with Crippen molar-refractivity contribution in [3.63, 3.8) is 0 Å². The number of hydrogen-bond donors (Lipinski definition) is 0. The molecule has 0 bridgehead atoms. The zero-order valence-corrected chi connectivity index (χ0v) is 26.0. The summed E-state index contributed by atoms with van der Waals surface area (Å²) in [6, 6.07) is 8.68. The summed E-state index contributed by atoms with van der Waals surface area (Å²) >= 11 is 0. The maximum atomic E-state index is 9.96. The highest BCUT2D eigenvalue weighted by Gasteiger charge is 2.25. The Morgan fingerprint density at radius 3 is 1.88 bits per heavy atom. The van der Waals surface area contributed by atoms with E-state index in [1.54, 1.807) is 0 Å². The van der Waals surface area contributed by atoms with Gasteiger partial charge in [-0.25, -0.2) is 0 Å². The highest BCUT2D eigenvalue weighted by Crippen LogP contribution is 2.37. The van der Waals surface area contributed by atoms with Crippen molar-refractivity contribution in [2.45, 2.75) is 155 Å². The van der Waals surface area contributed by atoms with E-state index in [2.05, 4.69) is 32.1 Å². The molecule has 2 aliphatic rings. The summed E-state index contributed by atoms with van der Waals surface area (Å²) < 4.78 is 6.15. The van der Waals surface area contributed by atoms with Gasteiger partial charge in [0.25, 0.3) is 0 Å². The van der Waals surface area contributed by atoms with Gasteiger partial charge >= 0.3 is 0 Å². The van der Waals surface area contributed by atoms with Crippen molar-refractivity contribution < 1.29 is 4.74 Å². The van der Waals surface area contributed by atoms with Gasteiger partial charge in [-0.05, 0) is 61.0 Å².